The van der Waals surface area contributed by atoms with Crippen LogP contribution >= 0.6 is 58.8 Å². The lowest BCUT2D eigenvalue weighted by Gasteiger charge is -2.40. The molecule has 0 spiro atoms. The lowest BCUT2D eigenvalue weighted by atomic mass is 10.1. The van der Waals surface area contributed by atoms with Gasteiger partial charge in [-0.25, -0.2) is 9.59 Å². The molecule has 5 amide bonds. The second kappa shape index (κ2) is 18.4. The summed E-state index contributed by atoms with van der Waals surface area (Å²) in [5, 5.41) is 13.9. The Balaban J connectivity index is 0.000000274. The number of carbonyl (C=O) groups is 3. The minimum absolute atomic E-state index is 0. The Morgan fingerprint density at radius 3 is 1.65 bits per heavy atom. The van der Waals surface area contributed by atoms with E-state index in [4.69, 9.17) is 46.4 Å². The standard InChI is InChI=1S/C19H27Cl2N5O2.C11H13Cl2N3O.ClH/c1-13(2)26-6-5-22-17(12-26)18(27)24-7-9-25(10-8-24)19(28)23-14-3-4-15(20)16(21)11-14;12-9-2-1-8(7-10(9)13)15-11(17)16-5-3-14-4-6-16;/h3-4,11,13,17,22H,5-10,12H2,1-2H3,(H,23,28);1-2,7,14H,3-6H2,(H,15,17);1H/t17-;;/m1../s1. The summed E-state index contributed by atoms with van der Waals surface area (Å²) in [6.45, 7) is 12.0. The molecular weight excluding hydrogens is 698 g/mol. The summed E-state index contributed by atoms with van der Waals surface area (Å²) in [6.07, 6.45) is 0. The number of piperazine rings is 3. The van der Waals surface area contributed by atoms with Crippen molar-refractivity contribution >= 4 is 88.2 Å². The molecule has 0 aromatic heterocycles. The second-order valence-electron chi connectivity index (χ2n) is 11.3. The van der Waals surface area contributed by atoms with E-state index in [0.717, 1.165) is 32.7 Å². The third kappa shape index (κ3) is 10.9. The molecule has 2 aromatic carbocycles. The molecule has 0 radical (unpaired) electrons. The molecule has 11 nitrogen and oxygen atoms in total. The van der Waals surface area contributed by atoms with Gasteiger partial charge in [0.05, 0.1) is 26.1 Å². The number of rotatable bonds is 4. The molecule has 4 N–H and O–H groups in total. The summed E-state index contributed by atoms with van der Waals surface area (Å²) >= 11 is 23.6. The predicted molar refractivity (Wildman–Crippen MR) is 189 cm³/mol. The fourth-order valence-corrected chi connectivity index (χ4v) is 5.77. The van der Waals surface area contributed by atoms with Crippen LogP contribution in [0.5, 0.6) is 0 Å². The lowest BCUT2D eigenvalue weighted by Crippen LogP contribution is -2.61. The summed E-state index contributed by atoms with van der Waals surface area (Å²) in [4.78, 5) is 44.8. The first kappa shape index (κ1) is 38.2. The minimum Gasteiger partial charge on any atom is -0.338 e. The molecule has 0 saturated carbocycles. The average Bonchev–Trinajstić information content (AvgIpc) is 3.05. The van der Waals surface area contributed by atoms with Crippen LogP contribution in [0.4, 0.5) is 21.0 Å². The van der Waals surface area contributed by atoms with Gasteiger partial charge >= 0.3 is 12.1 Å². The van der Waals surface area contributed by atoms with Crippen molar-refractivity contribution in [2.45, 2.75) is 25.9 Å². The highest BCUT2D eigenvalue weighted by atomic mass is 35.5. The maximum Gasteiger partial charge on any atom is 0.321 e. The Bertz CT molecular complexity index is 1340. The normalized spacial score (nSPS) is 18.7. The SMILES string of the molecule is CC(C)N1CCN[C@@H](C(=O)N2CCN(C(=O)Nc3ccc(Cl)c(Cl)c3)CC2)C1.Cl.O=C(Nc1ccc(Cl)c(Cl)c1)N1CCNCC1. The van der Waals surface area contributed by atoms with E-state index in [1.54, 1.807) is 46.2 Å². The van der Waals surface area contributed by atoms with E-state index in [0.29, 0.717) is 76.8 Å². The topological polar surface area (TPSA) is 112 Å². The number of carbonyl (C=O) groups excluding carboxylic acids is 3. The Hall–Kier alpha value is -2.22. The highest BCUT2D eigenvalue weighted by Gasteiger charge is 2.32. The lowest BCUT2D eigenvalue weighted by molar-refractivity contribution is -0.136. The van der Waals surface area contributed by atoms with E-state index in [9.17, 15) is 14.4 Å². The fraction of sp³-hybridized carbons (Fsp3) is 0.500. The molecule has 0 aliphatic carbocycles. The Kier molecular flexibility index (Phi) is 15.3. The van der Waals surface area contributed by atoms with Crippen molar-refractivity contribution in [3.63, 3.8) is 0 Å². The molecule has 3 aliphatic rings. The van der Waals surface area contributed by atoms with E-state index in [2.05, 4.69) is 40.0 Å². The van der Waals surface area contributed by atoms with Gasteiger partial charge in [0.15, 0.2) is 0 Å². The monoisotopic (exact) mass is 736 g/mol. The molecule has 3 aliphatic heterocycles. The van der Waals surface area contributed by atoms with E-state index in [1.165, 1.54) is 0 Å². The largest absolute Gasteiger partial charge is 0.338 e. The van der Waals surface area contributed by atoms with Crippen molar-refractivity contribution < 1.29 is 14.4 Å². The van der Waals surface area contributed by atoms with Gasteiger partial charge in [-0.3, -0.25) is 9.69 Å². The molecule has 3 saturated heterocycles. The third-order valence-electron chi connectivity index (χ3n) is 7.86. The summed E-state index contributed by atoms with van der Waals surface area (Å²) in [5.41, 5.74) is 1.25. The van der Waals surface area contributed by atoms with Crippen molar-refractivity contribution in [1.29, 1.82) is 0 Å². The van der Waals surface area contributed by atoms with Crippen molar-refractivity contribution in [2.24, 2.45) is 0 Å². The number of halogens is 5. The van der Waals surface area contributed by atoms with Gasteiger partial charge in [-0.2, -0.15) is 0 Å². The van der Waals surface area contributed by atoms with Gasteiger partial charge in [0, 0.05) is 89.4 Å². The summed E-state index contributed by atoms with van der Waals surface area (Å²) < 4.78 is 0. The van der Waals surface area contributed by atoms with Gasteiger partial charge in [-0.05, 0) is 50.2 Å². The highest BCUT2D eigenvalue weighted by Crippen LogP contribution is 2.26. The van der Waals surface area contributed by atoms with Crippen molar-refractivity contribution in [3.05, 3.63) is 56.5 Å². The van der Waals surface area contributed by atoms with Crippen LogP contribution < -0.4 is 21.3 Å². The van der Waals surface area contributed by atoms with Gasteiger partial charge in [0.1, 0.15) is 0 Å². The molecule has 5 rings (SSSR count). The molecule has 46 heavy (non-hydrogen) atoms. The Labute approximate surface area is 296 Å². The van der Waals surface area contributed by atoms with Crippen LogP contribution in [0, 0.1) is 0 Å². The van der Waals surface area contributed by atoms with Crippen LogP contribution in [0.2, 0.25) is 20.1 Å². The average molecular weight is 739 g/mol. The number of amides is 5. The number of nitrogens with one attached hydrogen (secondary N) is 4. The smallest absolute Gasteiger partial charge is 0.321 e. The van der Waals surface area contributed by atoms with Gasteiger partial charge in [-0.1, -0.05) is 46.4 Å². The first-order valence-corrected chi connectivity index (χ1v) is 16.5. The van der Waals surface area contributed by atoms with E-state index < -0.39 is 0 Å². The molecule has 1 atom stereocenters. The maximum atomic E-state index is 12.8. The van der Waals surface area contributed by atoms with Crippen molar-refractivity contribution in [1.82, 2.24) is 30.2 Å². The molecule has 254 valence electrons. The number of nitrogens with zero attached hydrogens (tertiary/aromatic N) is 4. The Morgan fingerprint density at radius 1 is 0.696 bits per heavy atom. The highest BCUT2D eigenvalue weighted by molar-refractivity contribution is 6.42. The van der Waals surface area contributed by atoms with Gasteiger partial charge in [0.2, 0.25) is 5.91 Å². The third-order valence-corrected chi connectivity index (χ3v) is 9.34. The van der Waals surface area contributed by atoms with Crippen LogP contribution in [0.15, 0.2) is 36.4 Å². The molecule has 0 bridgehead atoms. The number of urea groups is 2. The molecule has 2 aromatic rings. The molecule has 3 fully saturated rings. The van der Waals surface area contributed by atoms with E-state index >= 15 is 0 Å². The molecular formula is C30H41Cl5N8O3. The van der Waals surface area contributed by atoms with E-state index in [1.807, 2.05) is 4.90 Å². The predicted octanol–water partition coefficient (Wildman–Crippen LogP) is 5.20. The maximum absolute atomic E-state index is 12.8. The van der Waals surface area contributed by atoms with Crippen LogP contribution in [0.3, 0.4) is 0 Å². The van der Waals surface area contributed by atoms with Crippen LogP contribution in [-0.2, 0) is 4.79 Å². The minimum atomic E-state index is -0.202. The van der Waals surface area contributed by atoms with Crippen molar-refractivity contribution in [3.8, 4) is 0 Å². The summed E-state index contributed by atoms with van der Waals surface area (Å²) in [6, 6.07) is 9.96. The summed E-state index contributed by atoms with van der Waals surface area (Å²) in [7, 11) is 0. The van der Waals surface area contributed by atoms with E-state index in [-0.39, 0.29) is 36.4 Å². The molecule has 0 unspecified atom stereocenters. The summed E-state index contributed by atoms with van der Waals surface area (Å²) in [5.74, 6) is 0.120. The fourth-order valence-electron chi connectivity index (χ4n) is 5.18. The zero-order chi connectivity index (χ0) is 32.5. The number of anilines is 2. The zero-order valence-electron chi connectivity index (χ0n) is 25.8. The van der Waals surface area contributed by atoms with Crippen LogP contribution in [0.25, 0.3) is 0 Å². The van der Waals surface area contributed by atoms with Crippen LogP contribution in [-0.4, -0.2) is 122 Å². The van der Waals surface area contributed by atoms with Crippen LogP contribution in [0.1, 0.15) is 13.8 Å². The Morgan fingerprint density at radius 2 is 1.17 bits per heavy atom. The first-order chi connectivity index (χ1) is 21.5. The second-order valence-corrected chi connectivity index (χ2v) is 12.9. The zero-order valence-corrected chi connectivity index (χ0v) is 29.7. The van der Waals surface area contributed by atoms with Gasteiger partial charge in [-0.15, -0.1) is 12.4 Å². The first-order valence-electron chi connectivity index (χ1n) is 15.0. The number of hydrogen-bond donors (Lipinski definition) is 4. The van der Waals surface area contributed by atoms with Gasteiger partial charge in [0.25, 0.3) is 0 Å². The van der Waals surface area contributed by atoms with Crippen molar-refractivity contribution in [2.75, 3.05) is 82.6 Å². The molecule has 16 heteroatoms. The quantitative estimate of drug-likeness (QED) is 0.343. The molecule has 3 heterocycles. The number of hydrogen-bond acceptors (Lipinski definition) is 6. The number of benzene rings is 2. The van der Waals surface area contributed by atoms with Gasteiger partial charge < -0.3 is 36.0 Å².